The van der Waals surface area contributed by atoms with Crippen LogP contribution in [-0.4, -0.2) is 36.0 Å². The van der Waals surface area contributed by atoms with Crippen LogP contribution in [0.25, 0.3) is 10.8 Å². The van der Waals surface area contributed by atoms with Crippen molar-refractivity contribution in [1.29, 1.82) is 0 Å². The van der Waals surface area contributed by atoms with Crippen molar-refractivity contribution in [3.8, 4) is 0 Å². The van der Waals surface area contributed by atoms with Gasteiger partial charge in [-0.25, -0.2) is 5.43 Å². The van der Waals surface area contributed by atoms with Crippen molar-refractivity contribution in [2.24, 2.45) is 5.10 Å². The van der Waals surface area contributed by atoms with Gasteiger partial charge in [0.1, 0.15) is 6.21 Å². The summed E-state index contributed by atoms with van der Waals surface area (Å²) in [6.45, 7) is 4.19. The smallest absolute Gasteiger partial charge is 0.270 e. The Bertz CT molecular complexity index is 1170. The summed E-state index contributed by atoms with van der Waals surface area (Å²) in [5.74, 6) is -0.667. The molecule has 0 saturated carbocycles. The van der Waals surface area contributed by atoms with Crippen LogP contribution in [0.5, 0.6) is 0 Å². The third-order valence-electron chi connectivity index (χ3n) is 5.25. The Morgan fingerprint density at radius 1 is 0.970 bits per heavy atom. The molecule has 0 atom stereocenters. The molecule has 0 aliphatic carbocycles. The maximum atomic E-state index is 12.8. The lowest BCUT2D eigenvalue weighted by atomic mass is 10.1. The molecule has 0 aliphatic heterocycles. The fourth-order valence-electron chi connectivity index (χ4n) is 3.35. The summed E-state index contributed by atoms with van der Waals surface area (Å²) < 4.78 is 0. The molecule has 6 nitrogen and oxygen atoms in total. The second-order valence-corrected chi connectivity index (χ2v) is 8.24. The highest BCUT2D eigenvalue weighted by atomic mass is 32.1. The van der Waals surface area contributed by atoms with Crippen molar-refractivity contribution in [3.05, 3.63) is 89.0 Å². The first-order valence-corrected chi connectivity index (χ1v) is 11.2. The van der Waals surface area contributed by atoms with Gasteiger partial charge >= 0.3 is 0 Å². The number of allylic oxidation sites excluding steroid dienone is 2. The van der Waals surface area contributed by atoms with E-state index in [0.29, 0.717) is 13.0 Å². The average Bonchev–Trinajstić information content (AvgIpc) is 2.83. The zero-order valence-electron chi connectivity index (χ0n) is 18.8. The lowest BCUT2D eigenvalue weighted by Gasteiger charge is -2.22. The molecular formula is C26H28N4O2S. The maximum absolute atomic E-state index is 12.8. The second-order valence-electron chi connectivity index (χ2n) is 7.57. The van der Waals surface area contributed by atoms with Gasteiger partial charge in [0.25, 0.3) is 11.8 Å². The van der Waals surface area contributed by atoms with E-state index >= 15 is 0 Å². The number of carbonyl (C=O) groups excluding carboxylic acids is 2. The summed E-state index contributed by atoms with van der Waals surface area (Å²) in [4.78, 5) is 27.3. The average molecular weight is 461 g/mol. The van der Waals surface area contributed by atoms with Gasteiger partial charge in [0.2, 0.25) is 0 Å². The molecule has 0 saturated heterocycles. The number of carbonyl (C=O) groups is 2. The monoisotopic (exact) mass is 460 g/mol. The number of amides is 2. The number of benzene rings is 3. The molecule has 0 bridgehead atoms. The number of nitrogens with one attached hydrogen (secondary N) is 2. The van der Waals surface area contributed by atoms with Gasteiger partial charge in [-0.05, 0) is 42.2 Å². The van der Waals surface area contributed by atoms with E-state index in [2.05, 4.69) is 28.5 Å². The Kier molecular flexibility index (Phi) is 8.66. The van der Waals surface area contributed by atoms with Crippen LogP contribution in [0, 0.1) is 0 Å². The van der Waals surface area contributed by atoms with Crippen LogP contribution in [-0.2, 0) is 16.0 Å². The number of rotatable bonds is 9. The van der Waals surface area contributed by atoms with Gasteiger partial charge in [-0.3, -0.25) is 9.59 Å². The van der Waals surface area contributed by atoms with E-state index in [1.165, 1.54) is 0 Å². The van der Waals surface area contributed by atoms with Crippen molar-refractivity contribution in [3.63, 3.8) is 0 Å². The van der Waals surface area contributed by atoms with E-state index < -0.39 is 0 Å². The molecule has 170 valence electrons. The third-order valence-corrected chi connectivity index (χ3v) is 5.58. The maximum Gasteiger partial charge on any atom is 0.270 e. The number of fused-ring (bicyclic) bond motifs is 1. The van der Waals surface area contributed by atoms with Crippen molar-refractivity contribution in [1.82, 2.24) is 10.3 Å². The molecule has 0 aromatic heterocycles. The largest absolute Gasteiger partial charge is 0.376 e. The summed E-state index contributed by atoms with van der Waals surface area (Å²) in [5.41, 5.74) is 5.15. The van der Waals surface area contributed by atoms with Crippen LogP contribution in [0.3, 0.4) is 0 Å². The first-order valence-electron chi connectivity index (χ1n) is 10.7. The second kappa shape index (κ2) is 11.9. The predicted molar refractivity (Wildman–Crippen MR) is 138 cm³/mol. The summed E-state index contributed by atoms with van der Waals surface area (Å²) in [5, 5.41) is 9.10. The molecular weight excluding hydrogens is 432 g/mol. The minimum atomic E-state index is -0.347. The predicted octanol–water partition coefficient (Wildman–Crippen LogP) is 4.61. The van der Waals surface area contributed by atoms with E-state index in [0.717, 1.165) is 38.8 Å². The molecule has 2 N–H and O–H groups in total. The highest BCUT2D eigenvalue weighted by Gasteiger charge is 2.15. The number of nitrogens with zero attached hydrogens (tertiary/aromatic N) is 2. The first-order chi connectivity index (χ1) is 16.0. The highest BCUT2D eigenvalue weighted by molar-refractivity contribution is 7.84. The van der Waals surface area contributed by atoms with Gasteiger partial charge in [0.05, 0.1) is 6.54 Å². The molecule has 0 unspecified atom stereocenters. The number of hydrogen-bond donors (Lipinski definition) is 3. The standard InChI is InChI=1S/C26H28N4O2S/c1-19(20(2)33)30(16-15-21-9-4-3-5-10-21)26(32)18-28-29-25(31)17-27-24-14-8-12-22-11-6-7-13-23(22)24/h3-14,18,27,33H,15-17H2,1-2H3,(H,29,31)/b20-19+,28-18-. The van der Waals surface area contributed by atoms with Gasteiger partial charge in [0, 0.05) is 23.3 Å². The van der Waals surface area contributed by atoms with E-state index in [-0.39, 0.29) is 18.4 Å². The first kappa shape index (κ1) is 24.1. The van der Waals surface area contributed by atoms with Gasteiger partial charge in [-0.1, -0.05) is 66.7 Å². The quantitative estimate of drug-likeness (QED) is 0.248. The molecule has 3 aromatic rings. The molecule has 0 fully saturated rings. The Balaban J connectivity index is 1.56. The van der Waals surface area contributed by atoms with Gasteiger partial charge in [0.15, 0.2) is 0 Å². The van der Waals surface area contributed by atoms with E-state index in [4.69, 9.17) is 0 Å². The van der Waals surface area contributed by atoms with Crippen LogP contribution < -0.4 is 10.7 Å². The van der Waals surface area contributed by atoms with Crippen LogP contribution in [0.2, 0.25) is 0 Å². The van der Waals surface area contributed by atoms with Crippen LogP contribution in [0.1, 0.15) is 19.4 Å². The van der Waals surface area contributed by atoms with Crippen LogP contribution >= 0.6 is 12.6 Å². The Labute approximate surface area is 199 Å². The summed E-state index contributed by atoms with van der Waals surface area (Å²) in [6.07, 6.45) is 1.82. The zero-order chi connectivity index (χ0) is 23.6. The van der Waals surface area contributed by atoms with E-state index in [9.17, 15) is 9.59 Å². The molecule has 0 radical (unpaired) electrons. The van der Waals surface area contributed by atoms with Crippen LogP contribution in [0.4, 0.5) is 5.69 Å². The highest BCUT2D eigenvalue weighted by Crippen LogP contribution is 2.22. The lowest BCUT2D eigenvalue weighted by molar-refractivity contribution is -0.121. The summed E-state index contributed by atoms with van der Waals surface area (Å²) in [6, 6.07) is 23.7. The normalized spacial score (nSPS) is 11.8. The van der Waals surface area contributed by atoms with Crippen molar-refractivity contribution in [2.45, 2.75) is 20.3 Å². The summed E-state index contributed by atoms with van der Waals surface area (Å²) in [7, 11) is 0. The SMILES string of the molecule is C/C(S)=C(/C)N(CCc1ccccc1)C(=O)/C=N\NC(=O)CNc1cccc2ccccc12. The number of thiol groups is 1. The Morgan fingerprint density at radius 3 is 2.42 bits per heavy atom. The number of hydrazone groups is 1. The molecule has 3 rings (SSSR count). The Hall–Kier alpha value is -3.58. The fraction of sp³-hybridized carbons (Fsp3) is 0.192. The minimum absolute atomic E-state index is 0.0337. The van der Waals surface area contributed by atoms with Gasteiger partial charge < -0.3 is 10.2 Å². The number of hydrogen-bond acceptors (Lipinski definition) is 5. The molecule has 7 heteroatoms. The topological polar surface area (TPSA) is 73.8 Å². The van der Waals surface area contributed by atoms with Crippen molar-refractivity contribution < 1.29 is 9.59 Å². The Morgan fingerprint density at radius 2 is 1.67 bits per heavy atom. The molecule has 33 heavy (non-hydrogen) atoms. The molecule has 0 spiro atoms. The number of anilines is 1. The molecule has 0 aliphatic rings. The zero-order valence-corrected chi connectivity index (χ0v) is 19.7. The van der Waals surface area contributed by atoms with Crippen molar-refractivity contribution >= 4 is 47.1 Å². The van der Waals surface area contributed by atoms with E-state index in [1.54, 1.807) is 4.90 Å². The third kappa shape index (κ3) is 6.95. The molecule has 0 heterocycles. The fourth-order valence-corrected chi connectivity index (χ4v) is 3.47. The summed E-state index contributed by atoms with van der Waals surface area (Å²) >= 11 is 4.38. The van der Waals surface area contributed by atoms with Gasteiger partial charge in [-0.2, -0.15) is 5.10 Å². The van der Waals surface area contributed by atoms with Crippen LogP contribution in [0.15, 0.2) is 88.5 Å². The minimum Gasteiger partial charge on any atom is -0.376 e. The van der Waals surface area contributed by atoms with Gasteiger partial charge in [-0.15, -0.1) is 12.6 Å². The lowest BCUT2D eigenvalue weighted by Crippen LogP contribution is -2.34. The van der Waals surface area contributed by atoms with E-state index in [1.807, 2.05) is 86.6 Å². The molecule has 3 aromatic carbocycles. The van der Waals surface area contributed by atoms with Crippen molar-refractivity contribution in [2.75, 3.05) is 18.4 Å². The molecule has 2 amide bonds.